The minimum atomic E-state index is -1.13. The molecule has 360 valence electrons. The summed E-state index contributed by atoms with van der Waals surface area (Å²) in [6, 6.07) is -0.803. The van der Waals surface area contributed by atoms with Crippen molar-refractivity contribution in [2.75, 3.05) is 6.61 Å². The fourth-order valence-electron chi connectivity index (χ4n) is 9.17. The molecule has 0 aliphatic rings. The number of aliphatic hydroxyl groups is 3. The monoisotopic (exact) mass is 850 g/mol. The molecule has 5 heteroatoms. The molecule has 0 rings (SSSR count). The average molecular weight is 850 g/mol. The van der Waals surface area contributed by atoms with E-state index >= 15 is 0 Å². The number of unbranched alkanes of at least 4 members (excludes halogenated alkanes) is 44. The molecule has 0 aromatic rings. The minimum absolute atomic E-state index is 0.137. The van der Waals surface area contributed by atoms with Crippen molar-refractivity contribution in [1.82, 2.24) is 5.32 Å². The van der Waals surface area contributed by atoms with Crippen LogP contribution in [-0.2, 0) is 4.79 Å². The van der Waals surface area contributed by atoms with Gasteiger partial charge in [0, 0.05) is 6.42 Å². The first kappa shape index (κ1) is 59.4. The quantitative estimate of drug-likeness (QED) is 0.0459. The van der Waals surface area contributed by atoms with E-state index in [2.05, 4.69) is 19.2 Å². The van der Waals surface area contributed by atoms with Gasteiger partial charge in [-0.1, -0.05) is 303 Å². The molecule has 0 aliphatic carbocycles. The van der Waals surface area contributed by atoms with Crippen LogP contribution < -0.4 is 5.32 Å². The molecule has 3 unspecified atom stereocenters. The fraction of sp³-hybridized carbons (Fsp3) is 0.982. The highest BCUT2D eigenvalue weighted by molar-refractivity contribution is 5.76. The predicted molar refractivity (Wildman–Crippen MR) is 264 cm³/mol. The Bertz CT molecular complexity index is 807. The Morgan fingerprint density at radius 2 is 0.567 bits per heavy atom. The highest BCUT2D eigenvalue weighted by Crippen LogP contribution is 2.19. The number of hydrogen-bond acceptors (Lipinski definition) is 4. The van der Waals surface area contributed by atoms with Crippen LogP contribution >= 0.6 is 0 Å². The molecule has 4 N–H and O–H groups in total. The third-order valence-electron chi connectivity index (χ3n) is 13.5. The summed E-state index contributed by atoms with van der Waals surface area (Å²) in [5.41, 5.74) is 0. The molecule has 0 aromatic heterocycles. The van der Waals surface area contributed by atoms with Crippen LogP contribution in [0.5, 0.6) is 0 Å². The number of amides is 1. The summed E-state index contributed by atoms with van der Waals surface area (Å²) in [5, 5.41) is 33.6. The molecule has 0 bridgehead atoms. The van der Waals surface area contributed by atoms with Crippen molar-refractivity contribution in [3.8, 4) is 0 Å². The van der Waals surface area contributed by atoms with Crippen LogP contribution in [0.2, 0.25) is 0 Å². The fourth-order valence-corrected chi connectivity index (χ4v) is 9.17. The molecular weight excluding hydrogens is 739 g/mol. The van der Waals surface area contributed by atoms with E-state index in [9.17, 15) is 20.1 Å². The molecule has 3 atom stereocenters. The van der Waals surface area contributed by atoms with Crippen LogP contribution in [0.15, 0.2) is 0 Å². The predicted octanol–water partition coefficient (Wildman–Crippen LogP) is 16.9. The first-order chi connectivity index (χ1) is 29.6. The number of hydrogen-bond donors (Lipinski definition) is 4. The molecule has 5 nitrogen and oxygen atoms in total. The molecule has 0 aromatic carbocycles. The normalized spacial score (nSPS) is 13.2. The molecule has 0 spiro atoms. The van der Waals surface area contributed by atoms with Crippen LogP contribution in [0, 0.1) is 0 Å². The number of aliphatic hydroxyl groups excluding tert-OH is 3. The lowest BCUT2D eigenvalue weighted by Crippen LogP contribution is -2.50. The molecule has 0 saturated carbocycles. The zero-order valence-corrected chi connectivity index (χ0v) is 41.1. The molecule has 0 radical (unpaired) electrons. The first-order valence-corrected chi connectivity index (χ1v) is 27.8. The van der Waals surface area contributed by atoms with Gasteiger partial charge < -0.3 is 20.6 Å². The smallest absolute Gasteiger partial charge is 0.220 e. The number of carbonyl (C=O) groups excluding carboxylic acids is 1. The second-order valence-electron chi connectivity index (χ2n) is 19.5. The highest BCUT2D eigenvalue weighted by atomic mass is 16.3. The van der Waals surface area contributed by atoms with E-state index < -0.39 is 18.2 Å². The van der Waals surface area contributed by atoms with Crippen molar-refractivity contribution in [2.24, 2.45) is 0 Å². The summed E-state index contributed by atoms with van der Waals surface area (Å²) in [7, 11) is 0. The van der Waals surface area contributed by atoms with Crippen molar-refractivity contribution in [3.05, 3.63) is 0 Å². The van der Waals surface area contributed by atoms with Crippen LogP contribution in [0.4, 0.5) is 0 Å². The topological polar surface area (TPSA) is 89.8 Å². The average Bonchev–Trinajstić information content (AvgIpc) is 3.25. The lowest BCUT2D eigenvalue weighted by Gasteiger charge is -2.26. The second-order valence-corrected chi connectivity index (χ2v) is 19.5. The van der Waals surface area contributed by atoms with Gasteiger partial charge >= 0.3 is 0 Å². The Hall–Kier alpha value is -0.650. The SMILES string of the molecule is CCCCCCCCCCCCCCCCCCCCCCCCCCCCCCCCCCCC(=O)NC(CO)C(O)C(O)CCCCCCCCCCCCCCC. The highest BCUT2D eigenvalue weighted by Gasteiger charge is 2.26. The maximum Gasteiger partial charge on any atom is 0.220 e. The van der Waals surface area contributed by atoms with Gasteiger partial charge in [0.25, 0.3) is 0 Å². The lowest BCUT2D eigenvalue weighted by molar-refractivity contribution is -0.124. The van der Waals surface area contributed by atoms with E-state index in [4.69, 9.17) is 0 Å². The summed E-state index contributed by atoms with van der Waals surface area (Å²) in [6.07, 6.45) is 61.3. The van der Waals surface area contributed by atoms with Gasteiger partial charge in [-0.2, -0.15) is 0 Å². The maximum absolute atomic E-state index is 12.5. The van der Waals surface area contributed by atoms with Crippen molar-refractivity contribution in [2.45, 2.75) is 340 Å². The van der Waals surface area contributed by atoms with Crippen LogP contribution in [0.1, 0.15) is 322 Å². The van der Waals surface area contributed by atoms with E-state index in [0.29, 0.717) is 12.8 Å². The van der Waals surface area contributed by atoms with Gasteiger partial charge in [-0.3, -0.25) is 4.79 Å². The van der Waals surface area contributed by atoms with E-state index in [0.717, 1.165) is 32.1 Å². The Kier molecular flexibility index (Phi) is 50.4. The van der Waals surface area contributed by atoms with E-state index in [1.54, 1.807) is 0 Å². The van der Waals surface area contributed by atoms with Crippen molar-refractivity contribution < 1.29 is 20.1 Å². The van der Waals surface area contributed by atoms with Gasteiger partial charge in [0.2, 0.25) is 5.91 Å². The molecule has 60 heavy (non-hydrogen) atoms. The summed E-state index contributed by atoms with van der Waals surface area (Å²) < 4.78 is 0. The Balaban J connectivity index is 3.42. The van der Waals surface area contributed by atoms with Crippen LogP contribution in [0.3, 0.4) is 0 Å². The third kappa shape index (κ3) is 45.4. The summed E-state index contributed by atoms with van der Waals surface area (Å²) in [5.74, 6) is -0.137. The van der Waals surface area contributed by atoms with Gasteiger partial charge in [-0.25, -0.2) is 0 Å². The van der Waals surface area contributed by atoms with Crippen LogP contribution in [-0.4, -0.2) is 46.1 Å². The van der Waals surface area contributed by atoms with Crippen molar-refractivity contribution in [1.29, 1.82) is 0 Å². The molecule has 1 amide bonds. The zero-order chi connectivity index (χ0) is 43.7. The molecule has 0 saturated heterocycles. The number of carbonyl (C=O) groups is 1. The standard InChI is InChI=1S/C55H111NO4/c1-3-5-7-9-11-13-15-17-18-19-20-21-22-23-24-25-26-27-28-29-30-31-32-33-34-35-36-38-40-42-44-46-48-50-54(59)56-52(51-57)55(60)53(58)49-47-45-43-41-39-37-16-14-12-10-8-6-4-2/h52-53,55,57-58,60H,3-51H2,1-2H3,(H,56,59). The van der Waals surface area contributed by atoms with E-state index in [-0.39, 0.29) is 12.5 Å². The Morgan fingerprint density at radius 1 is 0.350 bits per heavy atom. The Morgan fingerprint density at radius 3 is 0.800 bits per heavy atom. The molecular formula is C55H111NO4. The van der Waals surface area contributed by atoms with Gasteiger partial charge in [0.15, 0.2) is 0 Å². The Labute approximate surface area is 377 Å². The van der Waals surface area contributed by atoms with Crippen molar-refractivity contribution >= 4 is 5.91 Å². The lowest BCUT2D eigenvalue weighted by atomic mass is 9.99. The van der Waals surface area contributed by atoms with Crippen molar-refractivity contribution in [3.63, 3.8) is 0 Å². The molecule has 0 heterocycles. The number of nitrogens with one attached hydrogen (secondary N) is 1. The van der Waals surface area contributed by atoms with Gasteiger partial charge in [-0.05, 0) is 12.8 Å². The number of rotatable bonds is 52. The van der Waals surface area contributed by atoms with Gasteiger partial charge in [-0.15, -0.1) is 0 Å². The summed E-state index contributed by atoms with van der Waals surface area (Å²) >= 11 is 0. The minimum Gasteiger partial charge on any atom is -0.394 e. The third-order valence-corrected chi connectivity index (χ3v) is 13.5. The van der Waals surface area contributed by atoms with Crippen LogP contribution in [0.25, 0.3) is 0 Å². The largest absolute Gasteiger partial charge is 0.394 e. The second kappa shape index (κ2) is 51.0. The maximum atomic E-state index is 12.5. The van der Waals surface area contributed by atoms with E-state index in [1.807, 2.05) is 0 Å². The van der Waals surface area contributed by atoms with Gasteiger partial charge in [0.1, 0.15) is 6.10 Å². The summed E-state index contributed by atoms with van der Waals surface area (Å²) in [6.45, 7) is 4.21. The molecule has 0 fully saturated rings. The first-order valence-electron chi connectivity index (χ1n) is 27.8. The van der Waals surface area contributed by atoms with Gasteiger partial charge in [0.05, 0.1) is 18.8 Å². The summed E-state index contributed by atoms with van der Waals surface area (Å²) in [4.78, 5) is 12.5. The zero-order valence-electron chi connectivity index (χ0n) is 41.1. The van der Waals surface area contributed by atoms with E-state index in [1.165, 1.54) is 263 Å². The molecule has 0 aliphatic heterocycles.